The summed E-state index contributed by atoms with van der Waals surface area (Å²) < 4.78 is 61.1. The molecule has 0 unspecified atom stereocenters. The fourth-order valence-electron chi connectivity index (χ4n) is 13.7. The Morgan fingerprint density at radius 3 is 2.14 bits per heavy atom. The number of allylic oxidation sites excluding steroid dienone is 6. The Morgan fingerprint density at radius 1 is 0.758 bits per heavy atom. The normalized spacial score (nSPS) is 15.4. The molecule has 7 aromatic carbocycles. The first-order valence-electron chi connectivity index (χ1n) is 32.9. The fraction of sp³-hybridized carbons (Fsp3) is 0.278. The zero-order chi connectivity index (χ0) is 71.0. The predicted molar refractivity (Wildman–Crippen MR) is 389 cm³/mol. The molecule has 1 spiro atoms. The second-order valence-electron chi connectivity index (χ2n) is 26.2. The van der Waals surface area contributed by atoms with Gasteiger partial charge >= 0.3 is 5.97 Å². The molecule has 99 heavy (non-hydrogen) atoms. The summed E-state index contributed by atoms with van der Waals surface area (Å²) in [5, 5.41) is 24.1. The molecule has 13 rings (SSSR count). The number of aromatic nitrogens is 1. The van der Waals surface area contributed by atoms with Crippen molar-refractivity contribution in [3.8, 4) is 40.2 Å². The average Bonchev–Trinajstić information content (AvgIpc) is 1.60. The molecule has 20 heteroatoms. The minimum absolute atomic E-state index is 0.0128. The zero-order valence-corrected chi connectivity index (χ0v) is 58.9. The number of hydrogen-bond donors (Lipinski definition) is 3. The van der Waals surface area contributed by atoms with Crippen LogP contribution in [0.5, 0.6) is 28.7 Å². The molecule has 1 aliphatic carbocycles. The van der Waals surface area contributed by atoms with E-state index in [9.17, 15) is 42.4 Å². The highest BCUT2D eigenvalue weighted by Gasteiger charge is 2.54. The number of phenolic OH excluding ortho intramolecular Hbond substituents is 2. The van der Waals surface area contributed by atoms with E-state index < -0.39 is 27.1 Å². The summed E-state index contributed by atoms with van der Waals surface area (Å²) in [4.78, 5) is 57.7. The average molecular weight is 1370 g/mol. The van der Waals surface area contributed by atoms with Gasteiger partial charge in [-0.2, -0.15) is 4.58 Å². The molecule has 3 N–H and O–H groups in total. The number of esters is 1. The first-order valence-corrected chi connectivity index (χ1v) is 34.7. The van der Waals surface area contributed by atoms with Crippen LogP contribution in [-0.4, -0.2) is 94.3 Å². The Morgan fingerprint density at radius 2 is 1.47 bits per heavy atom. The van der Waals surface area contributed by atoms with Crippen LogP contribution in [0.15, 0.2) is 184 Å². The molecule has 0 radical (unpaired) electrons. The van der Waals surface area contributed by atoms with Crippen molar-refractivity contribution in [2.75, 3.05) is 48.4 Å². The topological polar surface area (TPSA) is 241 Å². The van der Waals surface area contributed by atoms with Crippen LogP contribution in [0, 0.1) is 6.92 Å². The highest BCUT2D eigenvalue weighted by atomic mass is 32.2. The van der Waals surface area contributed by atoms with Gasteiger partial charge in [0.1, 0.15) is 69.5 Å². The van der Waals surface area contributed by atoms with Crippen molar-refractivity contribution >= 4 is 95.2 Å². The van der Waals surface area contributed by atoms with Crippen LogP contribution in [0.2, 0.25) is 0 Å². The van der Waals surface area contributed by atoms with Crippen molar-refractivity contribution in [3.05, 3.63) is 219 Å². The van der Waals surface area contributed by atoms with Crippen LogP contribution >= 0.6 is 12.2 Å². The van der Waals surface area contributed by atoms with Gasteiger partial charge in [-0.05, 0) is 165 Å². The number of aryl methyl sites for hydroxylation is 1. The lowest BCUT2D eigenvalue weighted by Crippen LogP contribution is -2.32. The molecule has 510 valence electrons. The number of fused-ring (bicyclic) bond motifs is 12. The van der Waals surface area contributed by atoms with Gasteiger partial charge < -0.3 is 53.3 Å². The Hall–Kier alpha value is -10.3. The highest BCUT2D eigenvalue weighted by Crippen LogP contribution is 2.58. The van der Waals surface area contributed by atoms with E-state index in [4.69, 9.17) is 35.8 Å². The number of ether oxygens (including phenoxy) is 3. The number of ketones is 2. The maximum atomic E-state index is 13.0. The number of aromatic hydroxyl groups is 2. The van der Waals surface area contributed by atoms with Gasteiger partial charge in [0.15, 0.2) is 33.9 Å². The van der Waals surface area contributed by atoms with Crippen molar-refractivity contribution in [2.45, 2.75) is 116 Å². The Labute approximate surface area is 581 Å². The third-order valence-electron chi connectivity index (χ3n) is 18.6. The van der Waals surface area contributed by atoms with Crippen LogP contribution in [-0.2, 0) is 40.9 Å². The van der Waals surface area contributed by atoms with E-state index in [1.807, 2.05) is 42.5 Å². The van der Waals surface area contributed by atoms with Crippen molar-refractivity contribution < 1.29 is 60.8 Å². The summed E-state index contributed by atoms with van der Waals surface area (Å²) in [5.41, 5.74) is 11.5. The summed E-state index contributed by atoms with van der Waals surface area (Å²) in [5.74, 6) is 1.27. The molecule has 7 aromatic rings. The molecular formula is C79H79N5O13S2. The molecule has 18 nitrogen and oxygen atoms in total. The maximum absolute atomic E-state index is 13.0. The lowest BCUT2D eigenvalue weighted by Gasteiger charge is -2.36. The van der Waals surface area contributed by atoms with E-state index in [0.29, 0.717) is 89.9 Å². The lowest BCUT2D eigenvalue weighted by molar-refractivity contribution is -0.401. The van der Waals surface area contributed by atoms with Crippen LogP contribution in [0.3, 0.4) is 0 Å². The van der Waals surface area contributed by atoms with E-state index in [0.717, 1.165) is 61.5 Å². The number of rotatable bonds is 17. The van der Waals surface area contributed by atoms with Crippen molar-refractivity contribution in [1.29, 1.82) is 0 Å². The van der Waals surface area contributed by atoms with Gasteiger partial charge in [0.05, 0.1) is 26.5 Å². The minimum atomic E-state index is -4.56. The first-order chi connectivity index (χ1) is 47.0. The molecule has 0 amide bonds. The third-order valence-corrected chi connectivity index (χ3v) is 19.5. The number of anilines is 3. The van der Waals surface area contributed by atoms with Gasteiger partial charge in [0.2, 0.25) is 5.69 Å². The maximum Gasteiger partial charge on any atom is 0.342 e. The van der Waals surface area contributed by atoms with Crippen LogP contribution in [0.4, 0.5) is 22.7 Å². The number of carbonyl (C=O) groups is 3. The molecule has 5 aliphatic heterocycles. The zero-order valence-electron chi connectivity index (χ0n) is 57.2. The molecule has 0 saturated carbocycles. The quantitative estimate of drug-likeness (QED) is 0.0112. The summed E-state index contributed by atoms with van der Waals surface area (Å²) in [6.07, 6.45) is 13.6. The van der Waals surface area contributed by atoms with E-state index in [1.165, 1.54) is 71.9 Å². The molecule has 0 saturated heterocycles. The number of nitrogens with zero attached hydrogens (tertiary/aromatic N) is 4. The van der Waals surface area contributed by atoms with Crippen molar-refractivity contribution in [2.24, 2.45) is 0 Å². The summed E-state index contributed by atoms with van der Waals surface area (Å²) in [7, 11) is -2.45. The Balaban J connectivity index is 0.000000153. The summed E-state index contributed by atoms with van der Waals surface area (Å²) >= 11 is 5.15. The number of phenols is 2. The van der Waals surface area contributed by atoms with Gasteiger partial charge in [-0.25, -0.2) is 18.2 Å². The summed E-state index contributed by atoms with van der Waals surface area (Å²) in [6.45, 7) is 22.3. The molecule has 0 bridgehead atoms. The number of nitrogens with one attached hydrogen (secondary N) is 1. The largest absolute Gasteiger partial charge is 0.744 e. The SMILES string of the molecule is CC(=O)CCCCCN1C(=CC=CC=CC2=[N+](C)c3ccc(C)cc3C2(C)C)C(C)(C)c2cc(S(=O)(=O)[O-])ccc21.CC(=S)Nc1cccc2c1C(=O)OC21c2ccc(O)cc2Oc2cc(O)ccc21.CCN(CC)c1ccc2nc3c4cc(OCC(C)=O)ccc4c(=O)cc-3oc2c1. The van der Waals surface area contributed by atoms with E-state index in [2.05, 4.69) is 112 Å². The van der Waals surface area contributed by atoms with Crippen molar-refractivity contribution in [1.82, 2.24) is 4.98 Å². The number of hydrogen-bond acceptors (Lipinski definition) is 17. The lowest BCUT2D eigenvalue weighted by atomic mass is 9.77. The van der Waals surface area contributed by atoms with E-state index >= 15 is 0 Å². The summed E-state index contributed by atoms with van der Waals surface area (Å²) in [6, 6.07) is 38.5. The Kier molecular flexibility index (Phi) is 19.8. The molecule has 0 fully saturated rings. The van der Waals surface area contributed by atoms with Crippen LogP contribution in [0.1, 0.15) is 132 Å². The Bertz CT molecular complexity index is 4990. The second-order valence-corrected chi connectivity index (χ2v) is 28.2. The number of carbonyl (C=O) groups excluding carboxylic acids is 3. The van der Waals surface area contributed by atoms with Gasteiger partial charge in [-0.3, -0.25) is 9.59 Å². The number of benzene rings is 8. The molecule has 5 heterocycles. The number of unbranched alkanes of at least 4 members (excludes halogenated alkanes) is 2. The van der Waals surface area contributed by atoms with Crippen LogP contribution in [0.25, 0.3) is 33.3 Å². The van der Waals surface area contributed by atoms with Crippen LogP contribution < -0.4 is 30.0 Å². The van der Waals surface area contributed by atoms with E-state index in [1.54, 1.807) is 56.3 Å². The molecule has 0 aromatic heterocycles. The fourth-order valence-corrected chi connectivity index (χ4v) is 14.3. The smallest absolute Gasteiger partial charge is 0.342 e. The second kappa shape index (κ2) is 27.9. The van der Waals surface area contributed by atoms with Gasteiger partial charge in [-0.15, -0.1) is 0 Å². The number of Topliss-reactive ketones (excluding diaryl/α,β-unsaturated/α-hetero) is 2. The standard InChI is InChI=1S/C34H42N2O4S.C23H22N2O4.C22H15NO5S/c1-24-17-19-29-27(22-24)33(3,4)31(35(29)7)15-11-8-12-16-32-34(5,6)28-23-26(41(38,39)40)18-20-30(28)36(32)21-13-9-10-14-25(2)37;1-4-25(5-2)15-6-9-19-21(10-15)29-22-12-20(27)17-8-7-16(28-13-14(3)26)11-18(17)23(22)24-19;1-11(29)23-17-4-2-3-16-20(17)21(26)28-22(16)14-7-5-12(24)9-18(14)27-19-10-13(25)6-8-15(19)22/h8,11-12,15-20,22-23H,9-10,13-14,21H2,1-7H3;6-12H,4-5,13H2,1-3H3;2-10,24-25H,1H3,(H,23,29). The molecule has 0 atom stereocenters. The van der Waals surface area contributed by atoms with Gasteiger partial charge in [-0.1, -0.05) is 74.5 Å². The monoisotopic (exact) mass is 1370 g/mol. The minimum Gasteiger partial charge on any atom is -0.744 e. The highest BCUT2D eigenvalue weighted by molar-refractivity contribution is 7.85. The molecular weight excluding hydrogens is 1290 g/mol. The van der Waals surface area contributed by atoms with Crippen molar-refractivity contribution in [3.63, 3.8) is 0 Å². The third kappa shape index (κ3) is 13.9. The molecule has 6 aliphatic rings. The van der Waals surface area contributed by atoms with E-state index in [-0.39, 0.29) is 45.4 Å². The van der Waals surface area contributed by atoms with Gasteiger partial charge in [0.25, 0.3) is 0 Å². The first kappa shape index (κ1) is 70.1. The number of thiocarbonyl (C=S) groups is 1. The van der Waals surface area contributed by atoms with Gasteiger partial charge in [0, 0.05) is 118 Å². The predicted octanol–water partition coefficient (Wildman–Crippen LogP) is 15.5.